The fourth-order valence-electron chi connectivity index (χ4n) is 2.35. The van der Waals surface area contributed by atoms with Crippen molar-refractivity contribution in [2.75, 3.05) is 5.88 Å². The highest BCUT2D eigenvalue weighted by molar-refractivity contribution is 6.27. The lowest BCUT2D eigenvalue weighted by Crippen LogP contribution is -2.30. The zero-order valence-electron chi connectivity index (χ0n) is 10.7. The van der Waals surface area contributed by atoms with Crippen molar-refractivity contribution in [1.29, 1.82) is 0 Å². The number of carbonyl (C=O) groups excluding carboxylic acids is 1. The molecule has 0 fully saturated rings. The molecular formula is C15H13ClN2O2. The normalized spacial score (nSPS) is 16.4. The van der Waals surface area contributed by atoms with Crippen molar-refractivity contribution in [3.63, 3.8) is 0 Å². The van der Waals surface area contributed by atoms with Crippen molar-refractivity contribution in [3.05, 3.63) is 59.4 Å². The lowest BCUT2D eigenvalue weighted by Gasteiger charge is -2.19. The lowest BCUT2D eigenvalue weighted by molar-refractivity contribution is -0.119. The van der Waals surface area contributed by atoms with Crippen molar-refractivity contribution in [2.24, 2.45) is 0 Å². The number of pyridine rings is 1. The molecule has 2 aromatic rings. The second-order valence-electron chi connectivity index (χ2n) is 4.50. The number of rotatable bonds is 2. The summed E-state index contributed by atoms with van der Waals surface area (Å²) < 4.78 is 5.77. The maximum atomic E-state index is 11.7. The predicted octanol–water partition coefficient (Wildman–Crippen LogP) is 2.42. The van der Waals surface area contributed by atoms with Crippen LogP contribution in [0.1, 0.15) is 22.9 Å². The number of benzene rings is 1. The Hall–Kier alpha value is -2.07. The third-order valence-corrected chi connectivity index (χ3v) is 3.50. The van der Waals surface area contributed by atoms with E-state index >= 15 is 0 Å². The number of amides is 1. The van der Waals surface area contributed by atoms with Crippen LogP contribution in [-0.2, 0) is 11.4 Å². The van der Waals surface area contributed by atoms with Crippen molar-refractivity contribution < 1.29 is 9.53 Å². The minimum absolute atomic E-state index is 0.0743. The fraction of sp³-hybridized carbons (Fsp3) is 0.200. The molecule has 5 heteroatoms. The molecule has 1 amide bonds. The van der Waals surface area contributed by atoms with Gasteiger partial charge in [-0.15, -0.1) is 11.6 Å². The van der Waals surface area contributed by atoms with Crippen LogP contribution in [0, 0.1) is 0 Å². The molecule has 0 bridgehead atoms. The number of alkyl halides is 1. The predicted molar refractivity (Wildman–Crippen MR) is 75.7 cm³/mol. The molecule has 102 valence electrons. The van der Waals surface area contributed by atoms with Gasteiger partial charge < -0.3 is 10.1 Å². The first-order valence-electron chi connectivity index (χ1n) is 6.30. The van der Waals surface area contributed by atoms with Gasteiger partial charge in [0.2, 0.25) is 5.91 Å². The minimum Gasteiger partial charge on any atom is -0.487 e. The first-order chi connectivity index (χ1) is 9.79. The topological polar surface area (TPSA) is 51.2 Å². The van der Waals surface area contributed by atoms with Gasteiger partial charge in [0.25, 0.3) is 0 Å². The smallest absolute Gasteiger partial charge is 0.235 e. The highest BCUT2D eigenvalue weighted by Crippen LogP contribution is 2.34. The summed E-state index contributed by atoms with van der Waals surface area (Å²) in [5, 5.41) is 2.93. The molecule has 2 heterocycles. The van der Waals surface area contributed by atoms with Gasteiger partial charge >= 0.3 is 0 Å². The van der Waals surface area contributed by atoms with Crippen LogP contribution >= 0.6 is 11.6 Å². The van der Waals surface area contributed by atoms with Gasteiger partial charge in [0, 0.05) is 17.3 Å². The molecule has 1 N–H and O–H groups in total. The SMILES string of the molecule is O=C(CCl)NC1c2ccccc2OCc2ncccc21. The lowest BCUT2D eigenvalue weighted by atomic mass is 9.97. The second-order valence-corrected chi connectivity index (χ2v) is 4.77. The first kappa shape index (κ1) is 12.9. The summed E-state index contributed by atoms with van der Waals surface area (Å²) in [5.41, 5.74) is 2.68. The van der Waals surface area contributed by atoms with E-state index in [0.717, 1.165) is 22.6 Å². The maximum absolute atomic E-state index is 11.7. The van der Waals surface area contributed by atoms with Gasteiger partial charge in [0.1, 0.15) is 18.2 Å². The molecule has 0 aliphatic carbocycles. The fourth-order valence-corrected chi connectivity index (χ4v) is 2.43. The molecule has 1 aliphatic heterocycles. The molecule has 3 rings (SSSR count). The third-order valence-electron chi connectivity index (χ3n) is 3.26. The van der Waals surface area contributed by atoms with Crippen molar-refractivity contribution in [1.82, 2.24) is 10.3 Å². The summed E-state index contributed by atoms with van der Waals surface area (Å²) >= 11 is 5.61. The van der Waals surface area contributed by atoms with Crippen molar-refractivity contribution in [3.8, 4) is 5.75 Å². The number of nitrogens with zero attached hydrogens (tertiary/aromatic N) is 1. The quantitative estimate of drug-likeness (QED) is 0.864. The number of para-hydroxylation sites is 1. The van der Waals surface area contributed by atoms with Gasteiger partial charge in [-0.1, -0.05) is 24.3 Å². The summed E-state index contributed by atoms with van der Waals surface area (Å²) in [6.07, 6.45) is 1.72. The van der Waals surface area contributed by atoms with E-state index in [2.05, 4.69) is 10.3 Å². The van der Waals surface area contributed by atoms with Crippen LogP contribution < -0.4 is 10.1 Å². The van der Waals surface area contributed by atoms with Gasteiger partial charge in [-0.05, 0) is 12.1 Å². The molecule has 1 aromatic carbocycles. The second kappa shape index (κ2) is 5.51. The van der Waals surface area contributed by atoms with E-state index in [0.29, 0.717) is 6.61 Å². The molecule has 1 unspecified atom stereocenters. The number of carbonyl (C=O) groups is 1. The Kier molecular flexibility index (Phi) is 3.56. The Labute approximate surface area is 121 Å². The summed E-state index contributed by atoms with van der Waals surface area (Å²) in [7, 11) is 0. The van der Waals surface area contributed by atoms with E-state index in [1.165, 1.54) is 0 Å². The molecule has 0 radical (unpaired) electrons. The van der Waals surface area contributed by atoms with Gasteiger partial charge in [-0.3, -0.25) is 9.78 Å². The Morgan fingerprint density at radius 1 is 1.30 bits per heavy atom. The largest absolute Gasteiger partial charge is 0.487 e. The van der Waals surface area contributed by atoms with Gasteiger partial charge in [-0.2, -0.15) is 0 Å². The molecule has 0 saturated carbocycles. The first-order valence-corrected chi connectivity index (χ1v) is 6.84. The van der Waals surface area contributed by atoms with Crippen LogP contribution in [-0.4, -0.2) is 16.8 Å². The van der Waals surface area contributed by atoms with Gasteiger partial charge in [-0.25, -0.2) is 0 Å². The average Bonchev–Trinajstić information content (AvgIpc) is 2.65. The van der Waals surface area contributed by atoms with Crippen LogP contribution in [0.4, 0.5) is 0 Å². The number of hydrogen-bond donors (Lipinski definition) is 1. The summed E-state index contributed by atoms with van der Waals surface area (Å²) in [6.45, 7) is 0.389. The standard InChI is InChI=1S/C15H13ClN2O2/c16-8-14(19)18-15-10-5-3-7-17-12(10)9-20-13-6-2-1-4-11(13)15/h1-7,15H,8-9H2,(H,18,19). The number of halogens is 1. The Morgan fingerprint density at radius 3 is 2.95 bits per heavy atom. The van der Waals surface area contributed by atoms with E-state index in [9.17, 15) is 4.79 Å². The van der Waals surface area contributed by atoms with Gasteiger partial charge in [0.05, 0.1) is 11.7 Å². The van der Waals surface area contributed by atoms with Crippen LogP contribution in [0.2, 0.25) is 0 Å². The van der Waals surface area contributed by atoms with E-state index in [1.807, 2.05) is 36.4 Å². The van der Waals surface area contributed by atoms with E-state index in [4.69, 9.17) is 16.3 Å². The summed E-state index contributed by atoms with van der Waals surface area (Å²) in [4.78, 5) is 16.0. The zero-order chi connectivity index (χ0) is 13.9. The van der Waals surface area contributed by atoms with Crippen LogP contribution in [0.15, 0.2) is 42.6 Å². The Morgan fingerprint density at radius 2 is 2.10 bits per heavy atom. The van der Waals surface area contributed by atoms with Crippen LogP contribution in [0.25, 0.3) is 0 Å². The molecule has 20 heavy (non-hydrogen) atoms. The Balaban J connectivity index is 2.11. The zero-order valence-corrected chi connectivity index (χ0v) is 11.4. The number of hydrogen-bond acceptors (Lipinski definition) is 3. The summed E-state index contributed by atoms with van der Waals surface area (Å²) in [5.74, 6) is 0.461. The van der Waals surface area contributed by atoms with Gasteiger partial charge in [0.15, 0.2) is 0 Å². The van der Waals surface area contributed by atoms with Crippen molar-refractivity contribution in [2.45, 2.75) is 12.6 Å². The minimum atomic E-state index is -0.288. The number of ether oxygens (including phenoxy) is 1. The van der Waals surface area contributed by atoms with Crippen LogP contribution in [0.5, 0.6) is 5.75 Å². The monoisotopic (exact) mass is 288 g/mol. The molecule has 4 nitrogen and oxygen atoms in total. The Bertz CT molecular complexity index is 598. The number of aromatic nitrogens is 1. The molecule has 0 saturated heterocycles. The molecular weight excluding hydrogens is 276 g/mol. The molecule has 1 aromatic heterocycles. The highest BCUT2D eigenvalue weighted by atomic mass is 35.5. The van der Waals surface area contributed by atoms with E-state index < -0.39 is 0 Å². The van der Waals surface area contributed by atoms with E-state index in [1.54, 1.807) is 6.20 Å². The molecule has 1 atom stereocenters. The third kappa shape index (κ3) is 2.34. The number of nitrogens with one attached hydrogen (secondary N) is 1. The summed E-state index contributed by atoms with van der Waals surface area (Å²) in [6, 6.07) is 11.2. The maximum Gasteiger partial charge on any atom is 0.235 e. The molecule has 1 aliphatic rings. The van der Waals surface area contributed by atoms with Crippen molar-refractivity contribution >= 4 is 17.5 Å². The van der Waals surface area contributed by atoms with Crippen LogP contribution in [0.3, 0.4) is 0 Å². The highest BCUT2D eigenvalue weighted by Gasteiger charge is 2.26. The number of fused-ring (bicyclic) bond motifs is 2. The van der Waals surface area contributed by atoms with E-state index in [-0.39, 0.29) is 17.8 Å². The average molecular weight is 289 g/mol. The molecule has 0 spiro atoms.